The highest BCUT2D eigenvalue weighted by Crippen LogP contribution is 2.33. The van der Waals surface area contributed by atoms with Crippen LogP contribution in [-0.2, 0) is 15.9 Å². The molecule has 0 aliphatic rings. The van der Waals surface area contributed by atoms with Crippen molar-refractivity contribution in [2.45, 2.75) is 26.2 Å². The third-order valence-electron chi connectivity index (χ3n) is 4.85. The van der Waals surface area contributed by atoms with Crippen LogP contribution in [0, 0.1) is 29.0 Å². The lowest BCUT2D eigenvalue weighted by molar-refractivity contribution is -0.0500. The maximum absolute atomic E-state index is 14.3. The van der Waals surface area contributed by atoms with Gasteiger partial charge in [-0.15, -0.1) is 0 Å². The Bertz CT molecular complexity index is 854. The van der Waals surface area contributed by atoms with Crippen LogP contribution in [0.4, 0.5) is 4.39 Å². The Hall–Kier alpha value is -2.20. The summed E-state index contributed by atoms with van der Waals surface area (Å²) in [6, 6.07) is 8.98. The number of aromatic nitrogens is 1. The summed E-state index contributed by atoms with van der Waals surface area (Å²) in [5.74, 6) is -0.244. The summed E-state index contributed by atoms with van der Waals surface area (Å²) in [4.78, 5) is 4.49. The minimum atomic E-state index is -0.474. The maximum Gasteiger partial charge on any atom is 0.146 e. The molecule has 0 aliphatic heterocycles. The normalized spacial score (nSPS) is 13.2. The Balaban J connectivity index is 2.31. The molecular formula is C22H26ClFN2O3. The summed E-state index contributed by atoms with van der Waals surface area (Å²) < 4.78 is 30.2. The molecule has 0 bridgehead atoms. The zero-order valence-electron chi connectivity index (χ0n) is 17.1. The molecule has 1 heterocycles. The second kappa shape index (κ2) is 11.1. The Morgan fingerprint density at radius 3 is 2.62 bits per heavy atom. The standard InChI is InChI=1S/C22H26ClFN2O3/c1-14(2)18(12-29-13-27-3)17(10-25)20-9-21(28-4)16(11-26-20)8-15-6-5-7-19(23)22(15)24/h5-7,9,11,14,17-18H,8,12-13H2,1-4H3/t17?,18-/m1/s1. The lowest BCUT2D eigenvalue weighted by Crippen LogP contribution is -2.24. The fraction of sp³-hybridized carbons (Fsp3) is 0.455. The Morgan fingerprint density at radius 1 is 1.24 bits per heavy atom. The number of nitriles is 1. The molecule has 0 amide bonds. The minimum absolute atomic E-state index is 0.0661. The second-order valence-corrected chi connectivity index (χ2v) is 7.51. The number of ether oxygens (including phenoxy) is 3. The van der Waals surface area contributed by atoms with Gasteiger partial charge in [-0.2, -0.15) is 5.26 Å². The third kappa shape index (κ3) is 5.89. The highest BCUT2D eigenvalue weighted by molar-refractivity contribution is 6.30. The predicted octanol–water partition coefficient (Wildman–Crippen LogP) is 4.97. The maximum atomic E-state index is 14.3. The molecular weight excluding hydrogens is 395 g/mol. The average Bonchev–Trinajstić information content (AvgIpc) is 2.71. The van der Waals surface area contributed by atoms with Crippen LogP contribution in [0.1, 0.15) is 36.6 Å². The van der Waals surface area contributed by atoms with E-state index in [9.17, 15) is 9.65 Å². The van der Waals surface area contributed by atoms with Crippen LogP contribution in [-0.4, -0.2) is 32.6 Å². The molecule has 0 saturated carbocycles. The van der Waals surface area contributed by atoms with Crippen LogP contribution in [0.25, 0.3) is 0 Å². The van der Waals surface area contributed by atoms with E-state index in [1.165, 1.54) is 6.07 Å². The molecule has 1 unspecified atom stereocenters. The molecule has 2 rings (SSSR count). The van der Waals surface area contributed by atoms with Crippen molar-refractivity contribution in [3.8, 4) is 11.8 Å². The number of hydrogen-bond donors (Lipinski definition) is 0. The van der Waals surface area contributed by atoms with E-state index in [-0.39, 0.29) is 30.1 Å². The van der Waals surface area contributed by atoms with Crippen molar-refractivity contribution in [2.75, 3.05) is 27.6 Å². The van der Waals surface area contributed by atoms with Crippen molar-refractivity contribution >= 4 is 11.6 Å². The summed E-state index contributed by atoms with van der Waals surface area (Å²) in [5.41, 5.74) is 1.76. The summed E-state index contributed by atoms with van der Waals surface area (Å²) in [7, 11) is 3.10. The smallest absolute Gasteiger partial charge is 0.146 e. The lowest BCUT2D eigenvalue weighted by Gasteiger charge is -2.25. The molecule has 0 spiro atoms. The summed E-state index contributed by atoms with van der Waals surface area (Å²) >= 11 is 5.88. The van der Waals surface area contributed by atoms with Crippen LogP contribution in [0.3, 0.4) is 0 Å². The van der Waals surface area contributed by atoms with Crippen molar-refractivity contribution in [1.82, 2.24) is 4.98 Å². The number of pyridine rings is 1. The minimum Gasteiger partial charge on any atom is -0.496 e. The largest absolute Gasteiger partial charge is 0.496 e. The Labute approximate surface area is 176 Å². The highest BCUT2D eigenvalue weighted by atomic mass is 35.5. The van der Waals surface area contributed by atoms with Gasteiger partial charge in [0.2, 0.25) is 0 Å². The average molecular weight is 421 g/mol. The van der Waals surface area contributed by atoms with Gasteiger partial charge in [0.25, 0.3) is 0 Å². The van der Waals surface area contributed by atoms with E-state index in [0.29, 0.717) is 29.2 Å². The highest BCUT2D eigenvalue weighted by Gasteiger charge is 2.28. The van der Waals surface area contributed by atoms with Gasteiger partial charge >= 0.3 is 0 Å². The van der Waals surface area contributed by atoms with Crippen LogP contribution in [0.5, 0.6) is 5.75 Å². The first-order chi connectivity index (χ1) is 13.9. The topological polar surface area (TPSA) is 64.4 Å². The summed E-state index contributed by atoms with van der Waals surface area (Å²) in [6.07, 6.45) is 1.91. The molecule has 2 aromatic rings. The van der Waals surface area contributed by atoms with Gasteiger partial charge in [0.05, 0.1) is 36.4 Å². The fourth-order valence-corrected chi connectivity index (χ4v) is 3.38. The van der Waals surface area contributed by atoms with Gasteiger partial charge in [-0.1, -0.05) is 37.6 Å². The number of rotatable bonds is 10. The Morgan fingerprint density at radius 2 is 2.00 bits per heavy atom. The van der Waals surface area contributed by atoms with Crippen LogP contribution in [0.2, 0.25) is 5.02 Å². The first-order valence-corrected chi connectivity index (χ1v) is 9.72. The quantitative estimate of drug-likeness (QED) is 0.401. The Kier molecular flexibility index (Phi) is 8.84. The molecule has 156 valence electrons. The molecule has 0 N–H and O–H groups in total. The molecule has 1 aromatic carbocycles. The van der Waals surface area contributed by atoms with Gasteiger partial charge in [0.1, 0.15) is 18.4 Å². The van der Waals surface area contributed by atoms with E-state index in [2.05, 4.69) is 11.1 Å². The second-order valence-electron chi connectivity index (χ2n) is 7.10. The number of hydrogen-bond acceptors (Lipinski definition) is 5. The molecule has 2 atom stereocenters. The van der Waals surface area contributed by atoms with Crippen LogP contribution < -0.4 is 4.74 Å². The molecule has 29 heavy (non-hydrogen) atoms. The summed E-state index contributed by atoms with van der Waals surface area (Å²) in [5, 5.41) is 9.88. The van der Waals surface area contributed by atoms with Crippen LogP contribution >= 0.6 is 11.6 Å². The molecule has 0 radical (unpaired) electrons. The van der Waals surface area contributed by atoms with Gasteiger partial charge in [-0.3, -0.25) is 4.98 Å². The van der Waals surface area contributed by atoms with Crippen LogP contribution in [0.15, 0.2) is 30.5 Å². The predicted molar refractivity (Wildman–Crippen MR) is 110 cm³/mol. The van der Waals surface area contributed by atoms with E-state index in [0.717, 1.165) is 0 Å². The van der Waals surface area contributed by atoms with Gasteiger partial charge in [-0.05, 0) is 17.5 Å². The summed E-state index contributed by atoms with van der Waals surface area (Å²) in [6.45, 7) is 4.63. The van der Waals surface area contributed by atoms with Crippen molar-refractivity contribution in [2.24, 2.45) is 11.8 Å². The van der Waals surface area contributed by atoms with Gasteiger partial charge in [-0.25, -0.2) is 4.39 Å². The number of benzene rings is 1. The van der Waals surface area contributed by atoms with Gasteiger partial charge in [0.15, 0.2) is 0 Å². The first-order valence-electron chi connectivity index (χ1n) is 9.34. The van der Waals surface area contributed by atoms with E-state index < -0.39 is 11.7 Å². The number of methoxy groups -OCH3 is 2. The zero-order chi connectivity index (χ0) is 21.4. The third-order valence-corrected chi connectivity index (χ3v) is 5.14. The lowest BCUT2D eigenvalue weighted by atomic mass is 9.82. The molecule has 1 aromatic heterocycles. The monoisotopic (exact) mass is 420 g/mol. The van der Waals surface area contributed by atoms with Crippen molar-refractivity contribution in [3.63, 3.8) is 0 Å². The zero-order valence-corrected chi connectivity index (χ0v) is 17.9. The number of halogens is 2. The first kappa shape index (κ1) is 23.1. The van der Waals surface area contributed by atoms with Gasteiger partial charge in [0, 0.05) is 37.3 Å². The van der Waals surface area contributed by atoms with Gasteiger partial charge < -0.3 is 14.2 Å². The fourth-order valence-electron chi connectivity index (χ4n) is 3.19. The van der Waals surface area contributed by atoms with Crippen molar-refractivity contribution in [1.29, 1.82) is 5.26 Å². The van der Waals surface area contributed by atoms with E-state index in [4.69, 9.17) is 25.8 Å². The molecule has 0 aliphatic carbocycles. The van der Waals surface area contributed by atoms with E-state index in [1.807, 2.05) is 13.8 Å². The molecule has 5 nitrogen and oxygen atoms in total. The molecule has 0 fully saturated rings. The van der Waals surface area contributed by atoms with Crippen molar-refractivity contribution < 1.29 is 18.6 Å². The van der Waals surface area contributed by atoms with E-state index in [1.54, 1.807) is 38.6 Å². The molecule has 0 saturated heterocycles. The number of nitrogens with zero attached hydrogens (tertiary/aromatic N) is 2. The van der Waals surface area contributed by atoms with Crippen molar-refractivity contribution in [3.05, 3.63) is 58.1 Å². The SMILES string of the molecule is COCOC[C@H](C(C)C)C(C#N)c1cc(OC)c(Cc2cccc(Cl)c2F)cn1. The molecule has 7 heteroatoms. The van der Waals surface area contributed by atoms with E-state index >= 15 is 0 Å².